The van der Waals surface area contributed by atoms with E-state index in [0.29, 0.717) is 16.5 Å². The molecule has 23 heavy (non-hydrogen) atoms. The van der Waals surface area contributed by atoms with Crippen molar-refractivity contribution in [1.82, 2.24) is 0 Å². The zero-order valence-corrected chi connectivity index (χ0v) is 13.7. The fraction of sp³-hybridized carbons (Fsp3) is 0.105. The number of aliphatic carboxylic acids is 1. The van der Waals surface area contributed by atoms with E-state index in [1.807, 2.05) is 48.5 Å². The molecular weight excluding hydrogens is 331 g/mol. The molecule has 0 spiro atoms. The van der Waals surface area contributed by atoms with Crippen molar-refractivity contribution in [3.63, 3.8) is 0 Å². The van der Waals surface area contributed by atoms with E-state index in [9.17, 15) is 9.90 Å². The average Bonchev–Trinajstić information content (AvgIpc) is 2.55. The summed E-state index contributed by atoms with van der Waals surface area (Å²) in [5, 5.41) is 12.6. The van der Waals surface area contributed by atoms with E-state index >= 15 is 0 Å². The Kier molecular flexibility index (Phi) is 4.56. The van der Waals surface area contributed by atoms with Crippen LogP contribution < -0.4 is 0 Å². The smallest absolute Gasteiger partial charge is 0.311 e. The second-order valence-electron chi connectivity index (χ2n) is 5.41. The van der Waals surface area contributed by atoms with Crippen molar-refractivity contribution in [2.24, 2.45) is 0 Å². The largest absolute Gasteiger partial charge is 0.481 e. The first kappa shape index (κ1) is 15.9. The maximum atomic E-state index is 11.8. The van der Waals surface area contributed by atoms with Crippen LogP contribution in [-0.4, -0.2) is 11.1 Å². The van der Waals surface area contributed by atoms with Crippen LogP contribution in [0.1, 0.15) is 17.0 Å². The minimum absolute atomic E-state index is 0.361. The fourth-order valence-electron chi connectivity index (χ4n) is 2.79. The lowest BCUT2D eigenvalue weighted by Gasteiger charge is -2.16. The van der Waals surface area contributed by atoms with E-state index in [0.717, 1.165) is 21.9 Å². The zero-order valence-electron chi connectivity index (χ0n) is 12.2. The number of benzene rings is 3. The molecule has 1 N–H and O–H groups in total. The molecule has 1 atom stereocenters. The third-order valence-electron chi connectivity index (χ3n) is 3.92. The van der Waals surface area contributed by atoms with E-state index in [4.69, 9.17) is 23.2 Å². The minimum atomic E-state index is -0.854. The highest BCUT2D eigenvalue weighted by atomic mass is 35.5. The van der Waals surface area contributed by atoms with Gasteiger partial charge in [0.25, 0.3) is 0 Å². The number of carboxylic acid groups (broad SMARTS) is 1. The summed E-state index contributed by atoms with van der Waals surface area (Å²) in [7, 11) is 0. The Morgan fingerprint density at radius 2 is 1.70 bits per heavy atom. The van der Waals surface area contributed by atoms with Gasteiger partial charge in [0, 0.05) is 0 Å². The molecule has 116 valence electrons. The normalized spacial score (nSPS) is 12.3. The summed E-state index contributed by atoms with van der Waals surface area (Å²) in [5.41, 5.74) is 1.65. The standard InChI is InChI=1S/C19H14Cl2O2/c20-17-9-8-12(11-18(17)21)10-16(19(22)23)15-7-3-5-13-4-1-2-6-14(13)15/h1-9,11,16H,10H2,(H,22,23). The molecule has 0 saturated carbocycles. The van der Waals surface area contributed by atoms with Gasteiger partial charge >= 0.3 is 5.97 Å². The van der Waals surface area contributed by atoms with Gasteiger partial charge < -0.3 is 5.11 Å². The van der Waals surface area contributed by atoms with Crippen LogP contribution in [-0.2, 0) is 11.2 Å². The predicted octanol–water partition coefficient (Wildman–Crippen LogP) is 5.56. The lowest BCUT2D eigenvalue weighted by Crippen LogP contribution is -2.15. The number of carbonyl (C=O) groups is 1. The number of halogens is 2. The Labute approximate surface area is 144 Å². The van der Waals surface area contributed by atoms with Crippen molar-refractivity contribution in [1.29, 1.82) is 0 Å². The van der Waals surface area contributed by atoms with Crippen LogP contribution in [0.2, 0.25) is 10.0 Å². The van der Waals surface area contributed by atoms with Crippen LogP contribution in [0.25, 0.3) is 10.8 Å². The first-order valence-corrected chi connectivity index (χ1v) is 7.96. The molecule has 0 radical (unpaired) electrons. The second kappa shape index (κ2) is 6.61. The Morgan fingerprint density at radius 1 is 0.957 bits per heavy atom. The molecule has 3 aromatic rings. The highest BCUT2D eigenvalue weighted by molar-refractivity contribution is 6.42. The van der Waals surface area contributed by atoms with Crippen molar-refractivity contribution in [2.45, 2.75) is 12.3 Å². The monoisotopic (exact) mass is 344 g/mol. The molecule has 0 aliphatic rings. The lowest BCUT2D eigenvalue weighted by atomic mass is 9.88. The summed E-state index contributed by atoms with van der Waals surface area (Å²) in [5.74, 6) is -1.49. The summed E-state index contributed by atoms with van der Waals surface area (Å²) >= 11 is 12.0. The molecule has 1 unspecified atom stereocenters. The molecular formula is C19H14Cl2O2. The van der Waals surface area contributed by atoms with Crippen molar-refractivity contribution < 1.29 is 9.90 Å². The SMILES string of the molecule is O=C(O)C(Cc1ccc(Cl)c(Cl)c1)c1cccc2ccccc12. The number of carboxylic acids is 1. The first-order chi connectivity index (χ1) is 11.1. The second-order valence-corrected chi connectivity index (χ2v) is 6.23. The number of hydrogen-bond donors (Lipinski definition) is 1. The topological polar surface area (TPSA) is 37.3 Å². The Hall–Kier alpha value is -2.03. The third kappa shape index (κ3) is 3.34. The highest BCUT2D eigenvalue weighted by Crippen LogP contribution is 2.30. The van der Waals surface area contributed by atoms with Gasteiger partial charge in [-0.15, -0.1) is 0 Å². The fourth-order valence-corrected chi connectivity index (χ4v) is 3.11. The number of rotatable bonds is 4. The maximum Gasteiger partial charge on any atom is 0.311 e. The average molecular weight is 345 g/mol. The van der Waals surface area contributed by atoms with Crippen molar-refractivity contribution >= 4 is 39.9 Å². The molecule has 0 amide bonds. The van der Waals surface area contributed by atoms with Crippen LogP contribution >= 0.6 is 23.2 Å². The molecule has 0 aliphatic heterocycles. The van der Waals surface area contributed by atoms with E-state index in [-0.39, 0.29) is 0 Å². The summed E-state index contributed by atoms with van der Waals surface area (Å²) in [6.45, 7) is 0. The minimum Gasteiger partial charge on any atom is -0.481 e. The number of fused-ring (bicyclic) bond motifs is 1. The molecule has 0 aliphatic carbocycles. The molecule has 0 fully saturated rings. The van der Waals surface area contributed by atoms with Gasteiger partial charge in [-0.1, -0.05) is 71.7 Å². The summed E-state index contributed by atoms with van der Waals surface area (Å²) in [6.07, 6.45) is 0.361. The molecule has 0 bridgehead atoms. The van der Waals surface area contributed by atoms with Gasteiger partial charge in [-0.3, -0.25) is 4.79 Å². The van der Waals surface area contributed by atoms with Crippen molar-refractivity contribution in [2.75, 3.05) is 0 Å². The summed E-state index contributed by atoms with van der Waals surface area (Å²) in [4.78, 5) is 11.8. The lowest BCUT2D eigenvalue weighted by molar-refractivity contribution is -0.138. The van der Waals surface area contributed by atoms with Gasteiger partial charge in [0.1, 0.15) is 0 Å². The van der Waals surface area contributed by atoms with Gasteiger partial charge in [-0.2, -0.15) is 0 Å². The predicted molar refractivity (Wildman–Crippen MR) is 94.5 cm³/mol. The molecule has 0 aromatic heterocycles. The van der Waals surface area contributed by atoms with Gasteiger partial charge in [0.2, 0.25) is 0 Å². The van der Waals surface area contributed by atoms with Crippen molar-refractivity contribution in [3.05, 3.63) is 81.8 Å². The van der Waals surface area contributed by atoms with Crippen molar-refractivity contribution in [3.8, 4) is 0 Å². The summed E-state index contributed by atoms with van der Waals surface area (Å²) < 4.78 is 0. The van der Waals surface area contributed by atoms with Crippen LogP contribution in [0, 0.1) is 0 Å². The van der Waals surface area contributed by atoms with E-state index in [1.54, 1.807) is 12.1 Å². The van der Waals surface area contributed by atoms with Crippen LogP contribution in [0.4, 0.5) is 0 Å². The van der Waals surface area contributed by atoms with Crippen LogP contribution in [0.15, 0.2) is 60.7 Å². The Balaban J connectivity index is 2.04. The molecule has 0 heterocycles. The molecule has 2 nitrogen and oxygen atoms in total. The van der Waals surface area contributed by atoms with E-state index < -0.39 is 11.9 Å². The molecule has 3 rings (SSSR count). The Morgan fingerprint density at radius 3 is 2.43 bits per heavy atom. The van der Waals surface area contributed by atoms with Gasteiger partial charge in [-0.25, -0.2) is 0 Å². The molecule has 0 saturated heterocycles. The number of hydrogen-bond acceptors (Lipinski definition) is 1. The highest BCUT2D eigenvalue weighted by Gasteiger charge is 2.22. The van der Waals surface area contributed by atoms with Crippen LogP contribution in [0.3, 0.4) is 0 Å². The first-order valence-electron chi connectivity index (χ1n) is 7.20. The zero-order chi connectivity index (χ0) is 16.4. The quantitative estimate of drug-likeness (QED) is 0.672. The maximum absolute atomic E-state index is 11.8. The molecule has 4 heteroatoms. The van der Waals surface area contributed by atoms with Gasteiger partial charge in [-0.05, 0) is 40.5 Å². The van der Waals surface area contributed by atoms with Gasteiger partial charge in [0.15, 0.2) is 0 Å². The molecule has 3 aromatic carbocycles. The third-order valence-corrected chi connectivity index (χ3v) is 4.66. The van der Waals surface area contributed by atoms with Crippen LogP contribution in [0.5, 0.6) is 0 Å². The Bertz CT molecular complexity index is 869. The van der Waals surface area contributed by atoms with E-state index in [2.05, 4.69) is 0 Å². The van der Waals surface area contributed by atoms with E-state index in [1.165, 1.54) is 0 Å². The summed E-state index contributed by atoms with van der Waals surface area (Å²) in [6, 6.07) is 18.8. The van der Waals surface area contributed by atoms with Gasteiger partial charge in [0.05, 0.1) is 16.0 Å².